The molecule has 0 saturated carbocycles. The number of nitrogens with one attached hydrogen (secondary N) is 1. The second kappa shape index (κ2) is 3.45. The lowest BCUT2D eigenvalue weighted by atomic mass is 9.96. The van der Waals surface area contributed by atoms with Crippen LogP contribution in [-0.4, -0.2) is 5.78 Å². The maximum Gasteiger partial charge on any atom is 0.211 e. The fourth-order valence-electron chi connectivity index (χ4n) is 2.81. The molecule has 0 spiro atoms. The molecule has 0 amide bonds. The van der Waals surface area contributed by atoms with E-state index in [0.717, 1.165) is 22.0 Å². The van der Waals surface area contributed by atoms with E-state index in [2.05, 4.69) is 36.2 Å². The minimum Gasteiger partial charge on any atom is -0.352 e. The molecule has 1 N–H and O–H groups in total. The lowest BCUT2D eigenvalue weighted by molar-refractivity contribution is 0.104. The van der Waals surface area contributed by atoms with Gasteiger partial charge in [-0.2, -0.15) is 0 Å². The molecular weight excluding hydrogens is 234 g/mol. The number of allylic oxidation sites excluding steroid dienone is 1. The van der Waals surface area contributed by atoms with Gasteiger partial charge in [0.2, 0.25) is 5.78 Å². The van der Waals surface area contributed by atoms with E-state index in [1.54, 1.807) is 0 Å². The number of benzene rings is 3. The Morgan fingerprint density at radius 2 is 1.63 bits per heavy atom. The number of carbonyl (C=O) groups is 1. The molecule has 3 aromatic rings. The molecular formula is C17H11NO. The highest BCUT2D eigenvalue weighted by atomic mass is 16.1. The third-order valence-corrected chi connectivity index (χ3v) is 3.71. The molecule has 3 aromatic carbocycles. The highest BCUT2D eigenvalue weighted by Crippen LogP contribution is 2.36. The van der Waals surface area contributed by atoms with Crippen LogP contribution < -0.4 is 5.32 Å². The minimum absolute atomic E-state index is 0.00381. The molecule has 0 saturated heterocycles. The number of ketones is 1. The number of rotatable bonds is 0. The average Bonchev–Trinajstić information content (AvgIpc) is 2.74. The van der Waals surface area contributed by atoms with Gasteiger partial charge >= 0.3 is 0 Å². The number of fused-ring (bicyclic) bond motifs is 5. The zero-order valence-corrected chi connectivity index (χ0v) is 10.2. The summed E-state index contributed by atoms with van der Waals surface area (Å²) in [4.78, 5) is 12.2. The van der Waals surface area contributed by atoms with Gasteiger partial charge in [0.15, 0.2) is 0 Å². The fraction of sp³-hybridized carbons (Fsp3) is 0. The molecule has 1 aliphatic heterocycles. The fourth-order valence-corrected chi connectivity index (χ4v) is 2.81. The van der Waals surface area contributed by atoms with E-state index in [1.807, 2.05) is 24.3 Å². The average molecular weight is 245 g/mol. The SMILES string of the molecule is C=C1Nc2ccc3c(ccc4ccccc43)c2C1=O. The molecule has 4 rings (SSSR count). The van der Waals surface area contributed by atoms with Crippen molar-refractivity contribution < 1.29 is 4.79 Å². The monoisotopic (exact) mass is 245 g/mol. The van der Waals surface area contributed by atoms with E-state index in [9.17, 15) is 4.79 Å². The van der Waals surface area contributed by atoms with Gasteiger partial charge in [-0.05, 0) is 27.6 Å². The normalized spacial score (nSPS) is 13.9. The third kappa shape index (κ3) is 1.28. The number of Topliss-reactive ketones (excluding diaryl/α,β-unsaturated/α-hetero) is 1. The molecule has 0 fully saturated rings. The molecule has 1 aliphatic rings. The van der Waals surface area contributed by atoms with Gasteiger partial charge in [-0.15, -0.1) is 0 Å². The first-order valence-electron chi connectivity index (χ1n) is 6.21. The van der Waals surface area contributed by atoms with Gasteiger partial charge in [0.05, 0.1) is 16.9 Å². The summed E-state index contributed by atoms with van der Waals surface area (Å²) >= 11 is 0. The molecule has 0 atom stereocenters. The summed E-state index contributed by atoms with van der Waals surface area (Å²) in [5, 5.41) is 7.51. The van der Waals surface area contributed by atoms with E-state index in [1.165, 1.54) is 10.8 Å². The summed E-state index contributed by atoms with van der Waals surface area (Å²) < 4.78 is 0. The van der Waals surface area contributed by atoms with Crippen LogP contribution >= 0.6 is 0 Å². The first-order valence-corrected chi connectivity index (χ1v) is 6.21. The Bertz CT molecular complexity index is 877. The number of hydrogen-bond donors (Lipinski definition) is 1. The first-order chi connectivity index (χ1) is 9.25. The van der Waals surface area contributed by atoms with E-state index >= 15 is 0 Å². The van der Waals surface area contributed by atoms with Crippen molar-refractivity contribution in [3.8, 4) is 0 Å². The van der Waals surface area contributed by atoms with Crippen molar-refractivity contribution in [3.05, 3.63) is 66.4 Å². The molecule has 19 heavy (non-hydrogen) atoms. The summed E-state index contributed by atoms with van der Waals surface area (Å²) in [5.74, 6) is -0.00381. The molecule has 2 nitrogen and oxygen atoms in total. The summed E-state index contributed by atoms with van der Waals surface area (Å²) in [7, 11) is 0. The smallest absolute Gasteiger partial charge is 0.211 e. The minimum atomic E-state index is -0.00381. The Morgan fingerprint density at radius 1 is 0.842 bits per heavy atom. The third-order valence-electron chi connectivity index (χ3n) is 3.71. The summed E-state index contributed by atoms with van der Waals surface area (Å²) in [6, 6.07) is 16.3. The van der Waals surface area contributed by atoms with Crippen LogP contribution in [0.3, 0.4) is 0 Å². The summed E-state index contributed by atoms with van der Waals surface area (Å²) in [5.41, 5.74) is 2.06. The molecule has 0 radical (unpaired) electrons. The highest BCUT2D eigenvalue weighted by Gasteiger charge is 2.25. The van der Waals surface area contributed by atoms with Gasteiger partial charge in [-0.1, -0.05) is 49.0 Å². The predicted molar refractivity (Wildman–Crippen MR) is 78.5 cm³/mol. The zero-order chi connectivity index (χ0) is 13.0. The number of anilines is 1. The van der Waals surface area contributed by atoms with Crippen molar-refractivity contribution in [2.45, 2.75) is 0 Å². The molecule has 2 heteroatoms. The van der Waals surface area contributed by atoms with Gasteiger partial charge < -0.3 is 5.32 Å². The zero-order valence-electron chi connectivity index (χ0n) is 10.2. The Balaban J connectivity index is 2.21. The van der Waals surface area contributed by atoms with Crippen LogP contribution in [0, 0.1) is 0 Å². The molecule has 90 valence electrons. The van der Waals surface area contributed by atoms with Crippen LogP contribution in [0.25, 0.3) is 21.5 Å². The van der Waals surface area contributed by atoms with E-state index in [-0.39, 0.29) is 5.78 Å². The number of carbonyl (C=O) groups excluding carboxylic acids is 1. The molecule has 0 bridgehead atoms. The van der Waals surface area contributed by atoms with Crippen LogP contribution in [0.1, 0.15) is 10.4 Å². The molecule has 0 aromatic heterocycles. The van der Waals surface area contributed by atoms with Crippen molar-refractivity contribution >= 4 is 33.0 Å². The largest absolute Gasteiger partial charge is 0.352 e. The van der Waals surface area contributed by atoms with Gasteiger partial charge in [0.1, 0.15) is 0 Å². The lowest BCUT2D eigenvalue weighted by Gasteiger charge is -2.07. The van der Waals surface area contributed by atoms with E-state index < -0.39 is 0 Å². The number of hydrogen-bond acceptors (Lipinski definition) is 2. The van der Waals surface area contributed by atoms with Crippen LogP contribution in [0.5, 0.6) is 0 Å². The quantitative estimate of drug-likeness (QED) is 0.477. The van der Waals surface area contributed by atoms with Gasteiger partial charge in [-0.25, -0.2) is 0 Å². The maximum atomic E-state index is 12.2. The Morgan fingerprint density at radius 3 is 2.53 bits per heavy atom. The molecule has 0 aliphatic carbocycles. The maximum absolute atomic E-state index is 12.2. The van der Waals surface area contributed by atoms with Crippen molar-refractivity contribution in [1.82, 2.24) is 0 Å². The van der Waals surface area contributed by atoms with Crippen molar-refractivity contribution in [2.24, 2.45) is 0 Å². The second-order valence-electron chi connectivity index (χ2n) is 4.80. The lowest BCUT2D eigenvalue weighted by Crippen LogP contribution is -1.97. The topological polar surface area (TPSA) is 29.1 Å². The van der Waals surface area contributed by atoms with Crippen molar-refractivity contribution in [3.63, 3.8) is 0 Å². The van der Waals surface area contributed by atoms with Crippen molar-refractivity contribution in [1.29, 1.82) is 0 Å². The van der Waals surface area contributed by atoms with Crippen molar-refractivity contribution in [2.75, 3.05) is 5.32 Å². The Hall–Kier alpha value is -2.61. The Kier molecular flexibility index (Phi) is 1.88. The summed E-state index contributed by atoms with van der Waals surface area (Å²) in [6.07, 6.45) is 0. The Labute approximate surface area is 110 Å². The summed E-state index contributed by atoms with van der Waals surface area (Å²) in [6.45, 7) is 3.76. The van der Waals surface area contributed by atoms with E-state index in [4.69, 9.17) is 0 Å². The van der Waals surface area contributed by atoms with Gasteiger partial charge in [-0.3, -0.25) is 4.79 Å². The predicted octanol–water partition coefficient (Wildman–Crippen LogP) is 4.11. The van der Waals surface area contributed by atoms with Crippen LogP contribution in [-0.2, 0) is 0 Å². The second-order valence-corrected chi connectivity index (χ2v) is 4.80. The molecule has 1 heterocycles. The van der Waals surface area contributed by atoms with Crippen LogP contribution in [0.2, 0.25) is 0 Å². The first kappa shape index (κ1) is 10.3. The molecule has 0 unspecified atom stereocenters. The van der Waals surface area contributed by atoms with Crippen LogP contribution in [0.15, 0.2) is 60.8 Å². The van der Waals surface area contributed by atoms with Crippen LogP contribution in [0.4, 0.5) is 5.69 Å². The van der Waals surface area contributed by atoms with Gasteiger partial charge in [0.25, 0.3) is 0 Å². The highest BCUT2D eigenvalue weighted by molar-refractivity contribution is 6.27. The standard InChI is InChI=1S/C17H11NO/c1-10-17(19)16-14-7-6-11-4-2-3-5-12(11)13(14)8-9-15(16)18-10/h2-9,18H,1H2. The van der Waals surface area contributed by atoms with E-state index in [0.29, 0.717) is 5.70 Å². The van der Waals surface area contributed by atoms with Gasteiger partial charge in [0, 0.05) is 0 Å².